The molecule has 5 heteroatoms. The predicted octanol–water partition coefficient (Wildman–Crippen LogP) is 1.70. The van der Waals surface area contributed by atoms with Gasteiger partial charge in [-0.15, -0.1) is 12.4 Å². The largest absolute Gasteiger partial charge is 0.493 e. The first-order valence-electron chi connectivity index (χ1n) is 7.02. The molecule has 2 atom stereocenters. The third kappa shape index (κ3) is 3.44. The monoisotopic (exact) mass is 296 g/mol. The predicted molar refractivity (Wildman–Crippen MR) is 80.3 cm³/mol. The lowest BCUT2D eigenvalue weighted by Gasteiger charge is -2.17. The Morgan fingerprint density at radius 1 is 1.30 bits per heavy atom. The van der Waals surface area contributed by atoms with Crippen molar-refractivity contribution < 1.29 is 9.53 Å². The maximum Gasteiger partial charge on any atom is 0.226 e. The van der Waals surface area contributed by atoms with Gasteiger partial charge in [-0.3, -0.25) is 4.79 Å². The van der Waals surface area contributed by atoms with E-state index in [4.69, 9.17) is 4.74 Å². The molecule has 1 N–H and O–H groups in total. The topological polar surface area (TPSA) is 41.6 Å². The van der Waals surface area contributed by atoms with Crippen LogP contribution in [-0.2, 0) is 4.79 Å². The van der Waals surface area contributed by atoms with Gasteiger partial charge in [-0.25, -0.2) is 0 Å². The number of rotatable bonds is 4. The number of likely N-dealkylation sites (tertiary alicyclic amines) is 1. The van der Waals surface area contributed by atoms with Crippen LogP contribution in [0.2, 0.25) is 0 Å². The third-order valence-corrected chi connectivity index (χ3v) is 4.04. The molecule has 110 valence electrons. The number of hydrogen-bond acceptors (Lipinski definition) is 3. The maximum atomic E-state index is 12.1. The fourth-order valence-electron chi connectivity index (χ4n) is 2.98. The molecule has 0 spiro atoms. The van der Waals surface area contributed by atoms with Gasteiger partial charge in [0.15, 0.2) is 0 Å². The van der Waals surface area contributed by atoms with Crippen LogP contribution in [0.3, 0.4) is 0 Å². The van der Waals surface area contributed by atoms with Crippen molar-refractivity contribution in [2.24, 2.45) is 5.92 Å². The highest BCUT2D eigenvalue weighted by atomic mass is 35.5. The van der Waals surface area contributed by atoms with Crippen LogP contribution in [0.4, 0.5) is 0 Å². The number of carbonyl (C=O) groups is 1. The molecule has 1 amide bonds. The fourth-order valence-corrected chi connectivity index (χ4v) is 2.98. The molecule has 0 aliphatic carbocycles. The molecule has 4 nitrogen and oxygen atoms in total. The molecule has 3 rings (SSSR count). The SMILES string of the molecule is Cl.O=C(CCOc1ccccc1)N1C[C@@H]2CCN[C@@H]2C1. The van der Waals surface area contributed by atoms with Crippen LogP contribution < -0.4 is 10.1 Å². The van der Waals surface area contributed by atoms with Gasteiger partial charge >= 0.3 is 0 Å². The van der Waals surface area contributed by atoms with Crippen LogP contribution in [-0.4, -0.2) is 43.1 Å². The van der Waals surface area contributed by atoms with Gasteiger partial charge in [-0.1, -0.05) is 18.2 Å². The maximum absolute atomic E-state index is 12.1. The normalized spacial score (nSPS) is 24.1. The lowest BCUT2D eigenvalue weighted by molar-refractivity contribution is -0.130. The van der Waals surface area contributed by atoms with E-state index in [1.165, 1.54) is 6.42 Å². The Morgan fingerprint density at radius 3 is 2.85 bits per heavy atom. The summed E-state index contributed by atoms with van der Waals surface area (Å²) in [5.41, 5.74) is 0. The molecule has 2 saturated heterocycles. The van der Waals surface area contributed by atoms with Gasteiger partial charge in [-0.05, 0) is 31.0 Å². The molecule has 2 aliphatic heterocycles. The molecule has 1 aromatic rings. The van der Waals surface area contributed by atoms with Crippen molar-refractivity contribution in [3.63, 3.8) is 0 Å². The molecule has 0 bridgehead atoms. The van der Waals surface area contributed by atoms with E-state index in [0.29, 0.717) is 25.0 Å². The number of para-hydroxylation sites is 1. The van der Waals surface area contributed by atoms with Crippen LogP contribution in [0.25, 0.3) is 0 Å². The average Bonchev–Trinajstić information content (AvgIpc) is 3.00. The summed E-state index contributed by atoms with van der Waals surface area (Å²) in [7, 11) is 0. The van der Waals surface area contributed by atoms with E-state index in [0.717, 1.165) is 25.4 Å². The number of nitrogens with one attached hydrogen (secondary N) is 1. The van der Waals surface area contributed by atoms with Crippen molar-refractivity contribution in [3.05, 3.63) is 30.3 Å². The average molecular weight is 297 g/mol. The summed E-state index contributed by atoms with van der Waals surface area (Å²) in [6, 6.07) is 10.2. The zero-order chi connectivity index (χ0) is 13.1. The molecule has 0 unspecified atom stereocenters. The number of nitrogens with zero attached hydrogens (tertiary/aromatic N) is 1. The Bertz CT molecular complexity index is 429. The van der Waals surface area contributed by atoms with E-state index in [1.54, 1.807) is 0 Å². The first-order valence-corrected chi connectivity index (χ1v) is 7.02. The third-order valence-electron chi connectivity index (χ3n) is 4.04. The minimum Gasteiger partial charge on any atom is -0.493 e. The van der Waals surface area contributed by atoms with Gasteiger partial charge in [0, 0.05) is 19.1 Å². The summed E-state index contributed by atoms with van der Waals surface area (Å²) < 4.78 is 5.57. The lowest BCUT2D eigenvalue weighted by atomic mass is 10.1. The molecule has 2 fully saturated rings. The second kappa shape index (κ2) is 6.95. The van der Waals surface area contributed by atoms with Crippen molar-refractivity contribution in [2.75, 3.05) is 26.2 Å². The number of ether oxygens (including phenoxy) is 1. The molecule has 1 aromatic carbocycles. The second-order valence-electron chi connectivity index (χ2n) is 5.32. The highest BCUT2D eigenvalue weighted by molar-refractivity contribution is 5.85. The van der Waals surface area contributed by atoms with Crippen LogP contribution in [0.15, 0.2) is 30.3 Å². The molecular weight excluding hydrogens is 276 g/mol. The van der Waals surface area contributed by atoms with Crippen LogP contribution in [0, 0.1) is 5.92 Å². The van der Waals surface area contributed by atoms with Crippen molar-refractivity contribution in [1.29, 1.82) is 0 Å². The Labute approximate surface area is 125 Å². The van der Waals surface area contributed by atoms with Crippen molar-refractivity contribution >= 4 is 18.3 Å². The van der Waals surface area contributed by atoms with E-state index in [9.17, 15) is 4.79 Å². The number of fused-ring (bicyclic) bond motifs is 1. The Hall–Kier alpha value is -1.26. The molecule has 0 aromatic heterocycles. The zero-order valence-corrected chi connectivity index (χ0v) is 12.3. The Kier molecular flexibility index (Phi) is 5.26. The summed E-state index contributed by atoms with van der Waals surface area (Å²) >= 11 is 0. The van der Waals surface area contributed by atoms with E-state index in [2.05, 4.69) is 5.32 Å². The zero-order valence-electron chi connectivity index (χ0n) is 11.5. The lowest BCUT2D eigenvalue weighted by Crippen LogP contribution is -2.34. The molecule has 20 heavy (non-hydrogen) atoms. The number of carbonyl (C=O) groups excluding carboxylic acids is 1. The van der Waals surface area contributed by atoms with E-state index < -0.39 is 0 Å². The van der Waals surface area contributed by atoms with Crippen LogP contribution >= 0.6 is 12.4 Å². The number of amides is 1. The highest BCUT2D eigenvalue weighted by Gasteiger charge is 2.37. The van der Waals surface area contributed by atoms with Crippen LogP contribution in [0.5, 0.6) is 5.75 Å². The quantitative estimate of drug-likeness (QED) is 0.919. The van der Waals surface area contributed by atoms with E-state index in [1.807, 2.05) is 35.2 Å². The molecular formula is C15H21ClN2O2. The molecule has 2 aliphatic rings. The first kappa shape index (κ1) is 15.1. The van der Waals surface area contributed by atoms with E-state index in [-0.39, 0.29) is 18.3 Å². The number of halogens is 1. The van der Waals surface area contributed by atoms with Crippen LogP contribution in [0.1, 0.15) is 12.8 Å². The number of hydrogen-bond donors (Lipinski definition) is 1. The van der Waals surface area contributed by atoms with Gasteiger partial charge in [0.25, 0.3) is 0 Å². The Balaban J connectivity index is 0.00000147. The fraction of sp³-hybridized carbons (Fsp3) is 0.533. The smallest absolute Gasteiger partial charge is 0.226 e. The van der Waals surface area contributed by atoms with Crippen molar-refractivity contribution in [2.45, 2.75) is 18.9 Å². The summed E-state index contributed by atoms with van der Waals surface area (Å²) in [6.07, 6.45) is 1.67. The van der Waals surface area contributed by atoms with Gasteiger partial charge in [0.05, 0.1) is 13.0 Å². The summed E-state index contributed by atoms with van der Waals surface area (Å²) in [5, 5.41) is 3.46. The molecule has 0 radical (unpaired) electrons. The van der Waals surface area contributed by atoms with Gasteiger partial charge < -0.3 is 15.0 Å². The van der Waals surface area contributed by atoms with Crippen molar-refractivity contribution in [3.8, 4) is 5.75 Å². The summed E-state index contributed by atoms with van der Waals surface area (Å²) in [4.78, 5) is 14.1. The van der Waals surface area contributed by atoms with Crippen molar-refractivity contribution in [1.82, 2.24) is 10.2 Å². The highest BCUT2D eigenvalue weighted by Crippen LogP contribution is 2.24. The van der Waals surface area contributed by atoms with Gasteiger partial charge in [0.1, 0.15) is 5.75 Å². The minimum atomic E-state index is 0. The second-order valence-corrected chi connectivity index (χ2v) is 5.32. The minimum absolute atomic E-state index is 0. The summed E-state index contributed by atoms with van der Waals surface area (Å²) in [6.45, 7) is 3.35. The van der Waals surface area contributed by atoms with Gasteiger partial charge in [-0.2, -0.15) is 0 Å². The first-order chi connectivity index (χ1) is 9.33. The molecule has 0 saturated carbocycles. The number of benzene rings is 1. The molecule has 2 heterocycles. The summed E-state index contributed by atoms with van der Waals surface area (Å²) in [5.74, 6) is 1.71. The Morgan fingerprint density at radius 2 is 2.10 bits per heavy atom. The van der Waals surface area contributed by atoms with Gasteiger partial charge in [0.2, 0.25) is 5.91 Å². The van der Waals surface area contributed by atoms with E-state index >= 15 is 0 Å². The standard InChI is InChI=1S/C15H20N2O2.ClH/c18-15(7-9-19-13-4-2-1-3-5-13)17-10-12-6-8-16-14(12)11-17;/h1-5,12,14,16H,6-11H2;1H/t12-,14+;/m0./s1.